The van der Waals surface area contributed by atoms with Crippen LogP contribution in [-0.2, 0) is 26.1 Å². The van der Waals surface area contributed by atoms with Gasteiger partial charge in [0.05, 0.1) is 24.6 Å². The highest BCUT2D eigenvalue weighted by Crippen LogP contribution is 2.46. The summed E-state index contributed by atoms with van der Waals surface area (Å²) in [5.74, 6) is -1.39. The van der Waals surface area contributed by atoms with Crippen LogP contribution >= 0.6 is 11.6 Å². The quantitative estimate of drug-likeness (QED) is 0.230. The van der Waals surface area contributed by atoms with Crippen LogP contribution in [-0.4, -0.2) is 57.0 Å². The zero-order valence-corrected chi connectivity index (χ0v) is 25.8. The molecule has 0 N–H and O–H groups in total. The van der Waals surface area contributed by atoms with Crippen molar-refractivity contribution in [1.29, 1.82) is 0 Å². The predicted molar refractivity (Wildman–Crippen MR) is 156 cm³/mol. The van der Waals surface area contributed by atoms with Crippen molar-refractivity contribution < 1.29 is 31.5 Å². The second-order valence-corrected chi connectivity index (χ2v) is 13.6. The van der Waals surface area contributed by atoms with Gasteiger partial charge in [0.25, 0.3) is 6.43 Å². The number of pyridine rings is 2. The van der Waals surface area contributed by atoms with Gasteiger partial charge in [-0.25, -0.2) is 22.2 Å². The number of rotatable bonds is 8. The Morgan fingerprint density at radius 1 is 1.18 bits per heavy atom. The normalized spacial score (nSPS) is 17.7. The minimum Gasteiger partial charge on any atom is -0.469 e. The minimum atomic E-state index is -4.03. The molecule has 0 bridgehead atoms. The van der Waals surface area contributed by atoms with E-state index in [4.69, 9.17) is 21.1 Å². The SMILES string of the molecule is CCOC(=O)CC(c1ccc(C)c(CN2CC3(CC3)Oc3ncc(Cl)cc3S2(=O)=O)c1)c1ccn2c(C(F)F)nnc2c1C. The summed E-state index contributed by atoms with van der Waals surface area (Å²) in [6.07, 6.45) is 1.40. The fourth-order valence-corrected chi connectivity index (χ4v) is 7.50. The van der Waals surface area contributed by atoms with Crippen molar-refractivity contribution in [3.05, 3.63) is 81.4 Å². The monoisotopic (exact) mass is 645 g/mol. The van der Waals surface area contributed by atoms with Crippen LogP contribution in [0.15, 0.2) is 47.6 Å². The number of nitrogens with zero attached hydrogens (tertiary/aromatic N) is 5. The third kappa shape index (κ3) is 5.52. The zero-order valence-electron chi connectivity index (χ0n) is 24.3. The molecule has 1 saturated carbocycles. The molecule has 1 aliphatic carbocycles. The largest absolute Gasteiger partial charge is 0.469 e. The zero-order chi connectivity index (χ0) is 31.4. The molecule has 4 heterocycles. The van der Waals surface area contributed by atoms with Gasteiger partial charge >= 0.3 is 5.97 Å². The molecule has 2 aliphatic rings. The van der Waals surface area contributed by atoms with Crippen molar-refractivity contribution in [3.63, 3.8) is 0 Å². The van der Waals surface area contributed by atoms with Gasteiger partial charge in [0, 0.05) is 24.9 Å². The highest BCUT2D eigenvalue weighted by Gasteiger charge is 2.52. The van der Waals surface area contributed by atoms with Gasteiger partial charge in [-0.15, -0.1) is 10.2 Å². The lowest BCUT2D eigenvalue weighted by molar-refractivity contribution is -0.143. The molecule has 44 heavy (non-hydrogen) atoms. The van der Waals surface area contributed by atoms with Crippen LogP contribution in [0, 0.1) is 13.8 Å². The fraction of sp³-hybridized carbons (Fsp3) is 0.400. The number of fused-ring (bicyclic) bond motifs is 2. The molecule has 10 nitrogen and oxygen atoms in total. The van der Waals surface area contributed by atoms with Crippen LogP contribution in [0.3, 0.4) is 0 Å². The lowest BCUT2D eigenvalue weighted by Crippen LogP contribution is -2.38. The van der Waals surface area contributed by atoms with Crippen LogP contribution in [0.2, 0.25) is 5.02 Å². The molecule has 0 saturated heterocycles. The number of aromatic nitrogens is 4. The maximum absolute atomic E-state index is 13.9. The highest BCUT2D eigenvalue weighted by molar-refractivity contribution is 7.89. The van der Waals surface area contributed by atoms with E-state index >= 15 is 0 Å². The number of alkyl halides is 2. The maximum Gasteiger partial charge on any atom is 0.306 e. The molecule has 1 fully saturated rings. The van der Waals surface area contributed by atoms with E-state index in [1.807, 2.05) is 25.1 Å². The summed E-state index contributed by atoms with van der Waals surface area (Å²) in [7, 11) is -4.03. The predicted octanol–water partition coefficient (Wildman–Crippen LogP) is 5.53. The van der Waals surface area contributed by atoms with Crippen LogP contribution < -0.4 is 4.74 Å². The molecule has 14 heteroatoms. The number of carbonyl (C=O) groups excluding carboxylic acids is 1. The first kappa shape index (κ1) is 30.4. The summed E-state index contributed by atoms with van der Waals surface area (Å²) in [4.78, 5) is 16.9. The summed E-state index contributed by atoms with van der Waals surface area (Å²) >= 11 is 6.13. The van der Waals surface area contributed by atoms with Gasteiger partial charge in [-0.3, -0.25) is 9.20 Å². The van der Waals surface area contributed by atoms with Crippen LogP contribution in [0.1, 0.15) is 72.2 Å². The van der Waals surface area contributed by atoms with Crippen LogP contribution in [0.25, 0.3) is 5.65 Å². The van der Waals surface area contributed by atoms with Crippen molar-refractivity contribution in [2.75, 3.05) is 13.2 Å². The number of hydrogen-bond acceptors (Lipinski definition) is 8. The molecule has 232 valence electrons. The third-order valence-corrected chi connectivity index (χ3v) is 10.2. The molecule has 1 atom stereocenters. The van der Waals surface area contributed by atoms with E-state index in [1.165, 1.54) is 27.2 Å². The number of sulfonamides is 1. The number of halogens is 3. The van der Waals surface area contributed by atoms with Gasteiger partial charge in [0.2, 0.25) is 21.7 Å². The first-order valence-corrected chi connectivity index (χ1v) is 16.0. The average Bonchev–Trinajstić information content (AvgIpc) is 3.59. The molecule has 1 aliphatic heterocycles. The second-order valence-electron chi connectivity index (χ2n) is 11.2. The lowest BCUT2D eigenvalue weighted by atomic mass is 9.85. The molecule has 1 unspecified atom stereocenters. The topological polar surface area (TPSA) is 116 Å². The average molecular weight is 646 g/mol. The fourth-order valence-electron chi connectivity index (χ4n) is 5.70. The van der Waals surface area contributed by atoms with E-state index in [1.54, 1.807) is 19.9 Å². The molecule has 1 aromatic carbocycles. The van der Waals surface area contributed by atoms with Gasteiger partial charge in [-0.05, 0) is 73.6 Å². The smallest absolute Gasteiger partial charge is 0.306 e. The van der Waals surface area contributed by atoms with Gasteiger partial charge in [-0.2, -0.15) is 4.31 Å². The van der Waals surface area contributed by atoms with Crippen molar-refractivity contribution in [2.45, 2.75) is 69.4 Å². The Balaban J connectivity index is 1.41. The first-order chi connectivity index (χ1) is 20.9. The Bertz CT molecular complexity index is 1880. The van der Waals surface area contributed by atoms with E-state index in [0.29, 0.717) is 24.0 Å². The Morgan fingerprint density at radius 2 is 1.95 bits per heavy atom. The third-order valence-electron chi connectivity index (χ3n) is 8.25. The molecule has 0 amide bonds. The molecule has 6 rings (SSSR count). The Labute approximate surface area is 258 Å². The highest BCUT2D eigenvalue weighted by atomic mass is 35.5. The van der Waals surface area contributed by atoms with E-state index in [2.05, 4.69) is 15.2 Å². The standard InChI is InChI=1S/C30H30ClF2N5O5S/c1-4-42-25(39)13-23(22-7-10-38-27(18(22)3)35-36-28(38)26(32)33)19-6-5-17(2)20(11-19)15-37-16-30(8-9-30)43-29-24(44(37,40)41)12-21(31)14-34-29/h5-7,10-12,14,23,26H,4,8-9,13,15-16H2,1-3H3. The summed E-state index contributed by atoms with van der Waals surface area (Å²) in [6.45, 7) is 5.74. The minimum absolute atomic E-state index is 0.0281. The number of ether oxygens (including phenoxy) is 2. The second kappa shape index (κ2) is 11.4. The van der Waals surface area contributed by atoms with E-state index in [0.717, 1.165) is 16.7 Å². The van der Waals surface area contributed by atoms with Gasteiger partial charge < -0.3 is 9.47 Å². The Hall–Kier alpha value is -3.68. The number of aryl methyl sites for hydroxylation is 2. The summed E-state index contributed by atoms with van der Waals surface area (Å²) in [6, 6.07) is 8.68. The maximum atomic E-state index is 13.9. The van der Waals surface area contributed by atoms with Crippen molar-refractivity contribution in [1.82, 2.24) is 23.9 Å². The van der Waals surface area contributed by atoms with Gasteiger partial charge in [-0.1, -0.05) is 29.8 Å². The molecule has 0 radical (unpaired) electrons. The number of carbonyl (C=O) groups is 1. The molecule has 4 aromatic rings. The van der Waals surface area contributed by atoms with Gasteiger partial charge in [0.1, 0.15) is 10.5 Å². The van der Waals surface area contributed by atoms with Crippen molar-refractivity contribution in [3.8, 4) is 5.88 Å². The molecule has 3 aromatic heterocycles. The molecular weight excluding hydrogens is 616 g/mol. The van der Waals surface area contributed by atoms with E-state index in [9.17, 15) is 22.0 Å². The van der Waals surface area contributed by atoms with Crippen LogP contribution in [0.5, 0.6) is 5.88 Å². The molecule has 1 spiro atoms. The van der Waals surface area contributed by atoms with Gasteiger partial charge in [0.15, 0.2) is 5.65 Å². The number of esters is 1. The number of benzene rings is 1. The lowest BCUT2D eigenvalue weighted by Gasteiger charge is -2.25. The summed E-state index contributed by atoms with van der Waals surface area (Å²) < 4.78 is 68.8. The Kier molecular flexibility index (Phi) is 7.83. The van der Waals surface area contributed by atoms with Crippen molar-refractivity contribution in [2.24, 2.45) is 0 Å². The summed E-state index contributed by atoms with van der Waals surface area (Å²) in [5.41, 5.74) is 3.20. The summed E-state index contributed by atoms with van der Waals surface area (Å²) in [5, 5.41) is 7.83. The number of hydrogen-bond donors (Lipinski definition) is 0. The van der Waals surface area contributed by atoms with Crippen molar-refractivity contribution >= 4 is 33.2 Å². The molecular formula is C30H30ClF2N5O5S. The van der Waals surface area contributed by atoms with E-state index < -0.39 is 39.8 Å². The Morgan fingerprint density at radius 3 is 2.66 bits per heavy atom. The first-order valence-electron chi connectivity index (χ1n) is 14.1. The van der Waals surface area contributed by atoms with E-state index in [-0.39, 0.29) is 47.6 Å². The van der Waals surface area contributed by atoms with Crippen LogP contribution in [0.4, 0.5) is 8.78 Å².